The molecular weight excluding hydrogens is 306 g/mol. The average Bonchev–Trinajstić information content (AvgIpc) is 2.37. The Morgan fingerprint density at radius 1 is 1.43 bits per heavy atom. The highest BCUT2D eigenvalue weighted by molar-refractivity contribution is 6.32. The number of nitrogens with zero attached hydrogens (tertiary/aromatic N) is 1. The first-order chi connectivity index (χ1) is 9.72. The number of carboxylic acid groups (broad SMARTS) is 1. The van der Waals surface area contributed by atoms with E-state index in [0.29, 0.717) is 0 Å². The van der Waals surface area contributed by atoms with Crippen molar-refractivity contribution >= 4 is 35.0 Å². The van der Waals surface area contributed by atoms with Crippen molar-refractivity contribution in [1.82, 2.24) is 5.32 Å². The van der Waals surface area contributed by atoms with Gasteiger partial charge in [0.05, 0.1) is 11.0 Å². The SMILES string of the molecule is CC(O)C(NC(=O)Nc1ccc(Cl)c([N+](=O)[O-])c1)C(=O)O. The Morgan fingerprint density at radius 2 is 2.05 bits per heavy atom. The number of hydrogen-bond acceptors (Lipinski definition) is 5. The lowest BCUT2D eigenvalue weighted by Crippen LogP contribution is -2.49. The minimum absolute atomic E-state index is 0.0540. The maximum absolute atomic E-state index is 11.6. The third-order valence-electron chi connectivity index (χ3n) is 2.44. The lowest BCUT2D eigenvalue weighted by molar-refractivity contribution is -0.384. The molecule has 9 nitrogen and oxygen atoms in total. The van der Waals surface area contributed by atoms with Gasteiger partial charge in [-0.3, -0.25) is 10.1 Å². The third-order valence-corrected chi connectivity index (χ3v) is 2.76. The van der Waals surface area contributed by atoms with Crippen LogP contribution in [0.25, 0.3) is 0 Å². The molecule has 0 aliphatic heterocycles. The molecule has 0 aromatic heterocycles. The number of carbonyl (C=O) groups is 2. The van der Waals surface area contributed by atoms with Gasteiger partial charge in [-0.2, -0.15) is 0 Å². The highest BCUT2D eigenvalue weighted by Crippen LogP contribution is 2.27. The second-order valence-corrected chi connectivity index (χ2v) is 4.49. The van der Waals surface area contributed by atoms with Gasteiger partial charge in [-0.25, -0.2) is 9.59 Å². The number of aliphatic hydroxyl groups is 1. The molecule has 10 heteroatoms. The van der Waals surface area contributed by atoms with E-state index in [-0.39, 0.29) is 10.7 Å². The van der Waals surface area contributed by atoms with E-state index in [1.807, 2.05) is 5.32 Å². The maximum atomic E-state index is 11.6. The van der Waals surface area contributed by atoms with Crippen LogP contribution in [0, 0.1) is 10.1 Å². The van der Waals surface area contributed by atoms with Crippen molar-refractivity contribution in [2.75, 3.05) is 5.32 Å². The predicted molar refractivity (Wildman–Crippen MR) is 73.4 cm³/mol. The van der Waals surface area contributed by atoms with Crippen molar-refractivity contribution in [1.29, 1.82) is 0 Å². The van der Waals surface area contributed by atoms with E-state index in [0.717, 1.165) is 6.07 Å². The molecule has 1 aromatic carbocycles. The molecule has 1 aromatic rings. The van der Waals surface area contributed by atoms with Crippen LogP contribution in [0.15, 0.2) is 18.2 Å². The van der Waals surface area contributed by atoms with Crippen LogP contribution in [-0.4, -0.2) is 39.3 Å². The number of amides is 2. The van der Waals surface area contributed by atoms with Crippen molar-refractivity contribution in [3.63, 3.8) is 0 Å². The van der Waals surface area contributed by atoms with E-state index < -0.39 is 34.8 Å². The van der Waals surface area contributed by atoms with Crippen LogP contribution in [0.2, 0.25) is 5.02 Å². The molecule has 0 heterocycles. The number of carboxylic acids is 1. The molecule has 2 atom stereocenters. The summed E-state index contributed by atoms with van der Waals surface area (Å²) in [5.74, 6) is -1.41. The lowest BCUT2D eigenvalue weighted by Gasteiger charge is -2.17. The second kappa shape index (κ2) is 6.86. The van der Waals surface area contributed by atoms with Crippen molar-refractivity contribution in [3.05, 3.63) is 33.3 Å². The summed E-state index contributed by atoms with van der Waals surface area (Å²) < 4.78 is 0. The molecule has 4 N–H and O–H groups in total. The van der Waals surface area contributed by atoms with Crippen LogP contribution in [-0.2, 0) is 4.79 Å². The van der Waals surface area contributed by atoms with E-state index in [2.05, 4.69) is 5.32 Å². The fourth-order valence-corrected chi connectivity index (χ4v) is 1.61. The van der Waals surface area contributed by atoms with Gasteiger partial charge in [0.1, 0.15) is 5.02 Å². The van der Waals surface area contributed by atoms with E-state index in [9.17, 15) is 24.8 Å². The number of rotatable bonds is 5. The number of carbonyl (C=O) groups excluding carboxylic acids is 1. The highest BCUT2D eigenvalue weighted by Gasteiger charge is 2.25. The van der Waals surface area contributed by atoms with Gasteiger partial charge in [-0.05, 0) is 19.1 Å². The topological polar surface area (TPSA) is 142 Å². The first-order valence-electron chi connectivity index (χ1n) is 5.64. The first-order valence-corrected chi connectivity index (χ1v) is 6.02. The van der Waals surface area contributed by atoms with Crippen LogP contribution in [0.3, 0.4) is 0 Å². The summed E-state index contributed by atoms with van der Waals surface area (Å²) in [6, 6.07) is 1.12. The Bertz CT molecular complexity index is 577. The van der Waals surface area contributed by atoms with Gasteiger partial charge < -0.3 is 20.8 Å². The Kier molecular flexibility index (Phi) is 5.44. The Balaban J connectivity index is 2.82. The summed E-state index contributed by atoms with van der Waals surface area (Å²) in [5.41, 5.74) is -0.349. The number of nitrogens with one attached hydrogen (secondary N) is 2. The molecule has 0 aliphatic rings. The molecule has 1 rings (SSSR count). The molecule has 0 saturated heterocycles. The molecule has 0 spiro atoms. The molecule has 0 saturated carbocycles. The molecule has 0 fully saturated rings. The van der Waals surface area contributed by atoms with E-state index in [1.165, 1.54) is 19.1 Å². The molecule has 0 aliphatic carbocycles. The Morgan fingerprint density at radius 3 is 2.52 bits per heavy atom. The highest BCUT2D eigenvalue weighted by atomic mass is 35.5. The number of aliphatic hydroxyl groups excluding tert-OH is 1. The smallest absolute Gasteiger partial charge is 0.328 e. The van der Waals surface area contributed by atoms with Crippen molar-refractivity contribution in [2.24, 2.45) is 0 Å². The number of nitro benzene ring substituents is 1. The van der Waals surface area contributed by atoms with Crippen molar-refractivity contribution in [3.8, 4) is 0 Å². The van der Waals surface area contributed by atoms with Gasteiger partial charge >= 0.3 is 12.0 Å². The number of aliphatic carboxylic acids is 1. The second-order valence-electron chi connectivity index (χ2n) is 4.08. The van der Waals surface area contributed by atoms with Gasteiger partial charge in [-0.1, -0.05) is 11.6 Å². The number of urea groups is 1. The monoisotopic (exact) mass is 317 g/mol. The fourth-order valence-electron chi connectivity index (χ4n) is 1.43. The van der Waals surface area contributed by atoms with Gasteiger partial charge in [0.25, 0.3) is 5.69 Å². The summed E-state index contributed by atoms with van der Waals surface area (Å²) in [7, 11) is 0. The number of benzene rings is 1. The Labute approximate surface area is 123 Å². The van der Waals surface area contributed by atoms with Crippen molar-refractivity contribution in [2.45, 2.75) is 19.1 Å². The summed E-state index contributed by atoms with van der Waals surface area (Å²) >= 11 is 5.61. The van der Waals surface area contributed by atoms with Crippen molar-refractivity contribution < 1.29 is 24.7 Å². The van der Waals surface area contributed by atoms with E-state index in [4.69, 9.17) is 16.7 Å². The number of hydrogen-bond donors (Lipinski definition) is 4. The Hall–Kier alpha value is -2.39. The van der Waals surface area contributed by atoms with E-state index >= 15 is 0 Å². The summed E-state index contributed by atoms with van der Waals surface area (Å²) in [6.45, 7) is 1.20. The maximum Gasteiger partial charge on any atom is 0.328 e. The normalized spacial score (nSPS) is 13.1. The number of anilines is 1. The quantitative estimate of drug-likeness (QED) is 0.475. The minimum Gasteiger partial charge on any atom is -0.480 e. The largest absolute Gasteiger partial charge is 0.480 e. The molecular formula is C11H12ClN3O6. The molecule has 2 amide bonds. The van der Waals surface area contributed by atoms with Crippen LogP contribution < -0.4 is 10.6 Å². The van der Waals surface area contributed by atoms with Gasteiger partial charge in [0, 0.05) is 11.8 Å². The predicted octanol–water partition coefficient (Wildman–Crippen LogP) is 1.20. The van der Waals surface area contributed by atoms with Gasteiger partial charge in [0.15, 0.2) is 6.04 Å². The molecule has 114 valence electrons. The number of nitro groups is 1. The van der Waals surface area contributed by atoms with E-state index in [1.54, 1.807) is 0 Å². The summed E-state index contributed by atoms with van der Waals surface area (Å²) in [4.78, 5) is 32.4. The molecule has 21 heavy (non-hydrogen) atoms. The summed E-state index contributed by atoms with van der Waals surface area (Å²) in [6.07, 6.45) is -1.31. The molecule has 2 unspecified atom stereocenters. The minimum atomic E-state index is -1.51. The molecule has 0 radical (unpaired) electrons. The van der Waals surface area contributed by atoms with Gasteiger partial charge in [0.2, 0.25) is 0 Å². The zero-order valence-corrected chi connectivity index (χ0v) is 11.5. The lowest BCUT2D eigenvalue weighted by atomic mass is 10.2. The first kappa shape index (κ1) is 16.7. The van der Waals surface area contributed by atoms with Gasteiger partial charge in [-0.15, -0.1) is 0 Å². The molecule has 0 bridgehead atoms. The zero-order valence-electron chi connectivity index (χ0n) is 10.7. The number of halogens is 1. The standard InChI is InChI=1S/C11H12ClN3O6/c1-5(16)9(10(17)18)14-11(19)13-6-2-3-7(12)8(4-6)15(20)21/h2-5,9,16H,1H3,(H,17,18)(H2,13,14,19). The zero-order chi connectivity index (χ0) is 16.2. The van der Waals surface area contributed by atoms with Crippen LogP contribution in [0.1, 0.15) is 6.92 Å². The fraction of sp³-hybridized carbons (Fsp3) is 0.273. The average molecular weight is 318 g/mol. The van der Waals surface area contributed by atoms with Crippen LogP contribution in [0.4, 0.5) is 16.2 Å². The third kappa shape index (κ3) is 4.58. The summed E-state index contributed by atoms with van der Waals surface area (Å²) in [5, 5.41) is 32.9. The van der Waals surface area contributed by atoms with Crippen LogP contribution >= 0.6 is 11.6 Å². The van der Waals surface area contributed by atoms with Crippen LogP contribution in [0.5, 0.6) is 0 Å².